The number of rotatable bonds is 3. The molecule has 9 heteroatoms. The molecular formula is C18H21Cl2N3O4. The van der Waals surface area contributed by atoms with Crippen LogP contribution in [0.4, 0.5) is 0 Å². The number of piperazine rings is 1. The Balaban J connectivity index is 1.45. The molecule has 3 heterocycles. The zero-order valence-corrected chi connectivity index (χ0v) is 16.2. The van der Waals surface area contributed by atoms with E-state index in [0.29, 0.717) is 48.2 Å². The Bertz CT molecular complexity index is 784. The van der Waals surface area contributed by atoms with Crippen molar-refractivity contribution < 1.29 is 19.8 Å². The smallest absolute Gasteiger partial charge is 0.248 e. The number of carbonyl (C=O) groups excluding carboxylic acids is 2. The molecule has 0 spiro atoms. The number of benzene rings is 1. The van der Waals surface area contributed by atoms with Crippen molar-refractivity contribution in [3.05, 3.63) is 27.7 Å². The lowest BCUT2D eigenvalue weighted by Crippen LogP contribution is -2.66. The summed E-state index contributed by atoms with van der Waals surface area (Å²) in [6, 6.07) is 3.30. The Hall–Kier alpha value is -1.54. The third-order valence-corrected chi connectivity index (χ3v) is 6.72. The Morgan fingerprint density at radius 3 is 2.59 bits per heavy atom. The first-order valence-electron chi connectivity index (χ1n) is 8.98. The van der Waals surface area contributed by atoms with Gasteiger partial charge in [-0.2, -0.15) is 0 Å². The van der Waals surface area contributed by atoms with Gasteiger partial charge in [0, 0.05) is 49.7 Å². The van der Waals surface area contributed by atoms with Crippen LogP contribution >= 0.6 is 23.2 Å². The van der Waals surface area contributed by atoms with Crippen LogP contribution in [0.2, 0.25) is 10.0 Å². The minimum Gasteiger partial charge on any atom is -0.508 e. The van der Waals surface area contributed by atoms with Gasteiger partial charge in [0.25, 0.3) is 0 Å². The van der Waals surface area contributed by atoms with Crippen LogP contribution in [-0.4, -0.2) is 88.1 Å². The first-order chi connectivity index (χ1) is 12.9. The molecule has 3 aliphatic heterocycles. The summed E-state index contributed by atoms with van der Waals surface area (Å²) in [6.07, 6.45) is 0.710. The summed E-state index contributed by atoms with van der Waals surface area (Å²) in [4.78, 5) is 29.7. The molecule has 0 radical (unpaired) electrons. The maximum Gasteiger partial charge on any atom is 0.248 e. The number of aromatic hydroxyl groups is 1. The molecule has 27 heavy (non-hydrogen) atoms. The number of nitrogens with zero attached hydrogens (tertiary/aromatic N) is 3. The fraction of sp³-hybridized carbons (Fsp3) is 0.556. The highest BCUT2D eigenvalue weighted by Crippen LogP contribution is 2.43. The fourth-order valence-corrected chi connectivity index (χ4v) is 4.90. The second-order valence-corrected chi connectivity index (χ2v) is 8.25. The number of hydrogen-bond acceptors (Lipinski definition) is 5. The van der Waals surface area contributed by atoms with Crippen LogP contribution in [0.15, 0.2) is 12.1 Å². The second kappa shape index (κ2) is 7.13. The van der Waals surface area contributed by atoms with E-state index in [4.69, 9.17) is 28.3 Å². The van der Waals surface area contributed by atoms with Crippen LogP contribution in [0.25, 0.3) is 0 Å². The molecule has 1 aromatic rings. The summed E-state index contributed by atoms with van der Waals surface area (Å²) in [7, 11) is 0. The van der Waals surface area contributed by atoms with E-state index in [1.807, 2.05) is 4.90 Å². The molecule has 7 nitrogen and oxygen atoms in total. The molecule has 0 aliphatic carbocycles. The van der Waals surface area contributed by atoms with Crippen molar-refractivity contribution in [2.45, 2.75) is 24.4 Å². The van der Waals surface area contributed by atoms with Crippen molar-refractivity contribution in [2.75, 3.05) is 39.3 Å². The molecule has 4 rings (SSSR count). The second-order valence-electron chi connectivity index (χ2n) is 7.47. The quantitative estimate of drug-likeness (QED) is 0.768. The van der Waals surface area contributed by atoms with E-state index < -0.39 is 6.61 Å². The standard InChI is InChI=1S/C18H21Cl2N3O4/c19-13-1-2-14(25)17(18(13)20)10-3-11-5-21(8-15(26)23(11)4-10)12-6-22(7-12)16(27)9-24/h1-2,10-12,24-25H,3-9H2/t10-,11-/m0/s1. The molecule has 1 aromatic carbocycles. The van der Waals surface area contributed by atoms with Crippen LogP contribution in [-0.2, 0) is 9.59 Å². The van der Waals surface area contributed by atoms with E-state index >= 15 is 0 Å². The molecule has 0 bridgehead atoms. The van der Waals surface area contributed by atoms with Crippen LogP contribution in [0.3, 0.4) is 0 Å². The number of aliphatic hydroxyl groups excluding tert-OH is 1. The van der Waals surface area contributed by atoms with E-state index in [1.54, 1.807) is 11.0 Å². The van der Waals surface area contributed by atoms with E-state index in [1.165, 1.54) is 6.07 Å². The Morgan fingerprint density at radius 2 is 1.89 bits per heavy atom. The summed E-state index contributed by atoms with van der Waals surface area (Å²) in [5.74, 6) is -0.170. The maximum atomic E-state index is 12.7. The first-order valence-corrected chi connectivity index (χ1v) is 9.73. The average molecular weight is 414 g/mol. The maximum absolute atomic E-state index is 12.7. The van der Waals surface area contributed by atoms with Gasteiger partial charge in [-0.25, -0.2) is 0 Å². The van der Waals surface area contributed by atoms with Crippen molar-refractivity contribution in [3.63, 3.8) is 0 Å². The van der Waals surface area contributed by atoms with Gasteiger partial charge in [-0.1, -0.05) is 23.2 Å². The number of carbonyl (C=O) groups is 2. The minimum atomic E-state index is -0.479. The summed E-state index contributed by atoms with van der Waals surface area (Å²) in [6.45, 7) is 2.18. The number of likely N-dealkylation sites (tertiary alicyclic amines) is 1. The lowest BCUT2D eigenvalue weighted by Gasteiger charge is -2.48. The lowest BCUT2D eigenvalue weighted by molar-refractivity contribution is -0.147. The van der Waals surface area contributed by atoms with Gasteiger partial charge < -0.3 is 20.0 Å². The van der Waals surface area contributed by atoms with Crippen LogP contribution in [0.5, 0.6) is 5.75 Å². The zero-order chi connectivity index (χ0) is 19.3. The Morgan fingerprint density at radius 1 is 1.15 bits per heavy atom. The van der Waals surface area contributed by atoms with Crippen molar-refractivity contribution >= 4 is 35.0 Å². The molecule has 3 fully saturated rings. The highest BCUT2D eigenvalue weighted by atomic mass is 35.5. The average Bonchev–Trinajstić information content (AvgIpc) is 3.01. The molecule has 146 valence electrons. The highest BCUT2D eigenvalue weighted by molar-refractivity contribution is 6.42. The topological polar surface area (TPSA) is 84.3 Å². The third-order valence-electron chi connectivity index (χ3n) is 5.90. The molecule has 2 N–H and O–H groups in total. The Labute approximate surface area is 167 Å². The molecular weight excluding hydrogens is 393 g/mol. The van der Waals surface area contributed by atoms with E-state index in [-0.39, 0.29) is 35.6 Å². The van der Waals surface area contributed by atoms with Crippen molar-refractivity contribution in [1.82, 2.24) is 14.7 Å². The fourth-order valence-electron chi connectivity index (χ4n) is 4.42. The van der Waals surface area contributed by atoms with Gasteiger partial charge in [-0.15, -0.1) is 0 Å². The molecule has 3 aliphatic rings. The minimum absolute atomic E-state index is 0.0493. The SMILES string of the molecule is O=C(CO)N1CC(N2CC(=O)N3C[C@@H](c4c(O)ccc(Cl)c4Cl)C[C@H]3C2)C1. The largest absolute Gasteiger partial charge is 0.508 e. The molecule has 2 atom stereocenters. The summed E-state index contributed by atoms with van der Waals surface area (Å²) in [5, 5.41) is 19.9. The van der Waals surface area contributed by atoms with Crippen molar-refractivity contribution in [3.8, 4) is 5.75 Å². The lowest BCUT2D eigenvalue weighted by atomic mass is 9.94. The van der Waals surface area contributed by atoms with Gasteiger partial charge >= 0.3 is 0 Å². The van der Waals surface area contributed by atoms with Crippen molar-refractivity contribution in [1.29, 1.82) is 0 Å². The van der Waals surface area contributed by atoms with Crippen LogP contribution in [0, 0.1) is 0 Å². The van der Waals surface area contributed by atoms with Gasteiger partial charge in [0.1, 0.15) is 12.4 Å². The predicted molar refractivity (Wildman–Crippen MR) is 100 cm³/mol. The molecule has 3 saturated heterocycles. The van der Waals surface area contributed by atoms with E-state index in [0.717, 1.165) is 6.54 Å². The predicted octanol–water partition coefficient (Wildman–Crippen LogP) is 0.902. The van der Waals surface area contributed by atoms with Crippen LogP contribution in [0.1, 0.15) is 17.9 Å². The summed E-state index contributed by atoms with van der Waals surface area (Å²) < 4.78 is 0. The van der Waals surface area contributed by atoms with Gasteiger partial charge in [0.2, 0.25) is 11.8 Å². The van der Waals surface area contributed by atoms with Gasteiger partial charge in [-0.05, 0) is 18.6 Å². The number of phenols is 1. The van der Waals surface area contributed by atoms with E-state index in [9.17, 15) is 14.7 Å². The van der Waals surface area contributed by atoms with Gasteiger partial charge in [0.15, 0.2) is 0 Å². The van der Waals surface area contributed by atoms with E-state index in [2.05, 4.69) is 4.90 Å². The normalized spacial score (nSPS) is 26.3. The molecule has 0 unspecified atom stereocenters. The monoisotopic (exact) mass is 413 g/mol. The number of aliphatic hydroxyl groups is 1. The van der Waals surface area contributed by atoms with Gasteiger partial charge in [-0.3, -0.25) is 14.5 Å². The highest BCUT2D eigenvalue weighted by Gasteiger charge is 2.45. The first kappa shape index (κ1) is 18.8. The molecule has 0 saturated carbocycles. The number of hydrogen-bond donors (Lipinski definition) is 2. The summed E-state index contributed by atoms with van der Waals surface area (Å²) >= 11 is 12.4. The Kier molecular flexibility index (Phi) is 4.96. The third kappa shape index (κ3) is 3.27. The molecule has 0 aromatic heterocycles. The van der Waals surface area contributed by atoms with Gasteiger partial charge in [0.05, 0.1) is 16.6 Å². The number of halogens is 2. The van der Waals surface area contributed by atoms with Crippen LogP contribution < -0.4 is 0 Å². The zero-order valence-electron chi connectivity index (χ0n) is 14.6. The number of phenolic OH excluding ortho intramolecular Hbond substituents is 1. The molecule has 2 amide bonds. The van der Waals surface area contributed by atoms with Crippen molar-refractivity contribution in [2.24, 2.45) is 0 Å². The summed E-state index contributed by atoms with van der Waals surface area (Å²) in [5.41, 5.74) is 0.612. The number of amides is 2. The number of fused-ring (bicyclic) bond motifs is 1.